The summed E-state index contributed by atoms with van der Waals surface area (Å²) in [4.78, 5) is 25.5. The van der Waals surface area contributed by atoms with Gasteiger partial charge in [-0.15, -0.1) is 11.3 Å². The fourth-order valence-electron chi connectivity index (χ4n) is 1.82. The highest BCUT2D eigenvalue weighted by Crippen LogP contribution is 2.33. The summed E-state index contributed by atoms with van der Waals surface area (Å²) in [6.45, 7) is 0.309. The first-order valence-electron chi connectivity index (χ1n) is 6.26. The van der Waals surface area contributed by atoms with E-state index in [1.807, 2.05) is 24.3 Å². The lowest BCUT2D eigenvalue weighted by atomic mass is 10.2. The number of thiophene rings is 1. The van der Waals surface area contributed by atoms with E-state index in [0.29, 0.717) is 17.1 Å². The Morgan fingerprint density at radius 2 is 2.00 bits per heavy atom. The van der Waals surface area contributed by atoms with Gasteiger partial charge in [0.15, 0.2) is 0 Å². The summed E-state index contributed by atoms with van der Waals surface area (Å²) < 4.78 is 0.986. The number of rotatable bonds is 4. The average molecular weight is 291 g/mol. The van der Waals surface area contributed by atoms with Crippen LogP contribution < -0.4 is 11.1 Å². The van der Waals surface area contributed by atoms with Gasteiger partial charge in [0.1, 0.15) is 4.88 Å². The molecule has 0 fully saturated rings. The Bertz CT molecular complexity index is 649. The van der Waals surface area contributed by atoms with E-state index in [4.69, 9.17) is 5.73 Å². The summed E-state index contributed by atoms with van der Waals surface area (Å²) in [5.41, 5.74) is 6.50. The molecule has 20 heavy (non-hydrogen) atoms. The van der Waals surface area contributed by atoms with E-state index in [-0.39, 0.29) is 18.2 Å². The minimum absolute atomic E-state index is 0.0189. The number of anilines is 1. The number of hydrogen-bond acceptors (Lipinski definition) is 4. The molecule has 106 valence electrons. The van der Waals surface area contributed by atoms with Crippen molar-refractivity contribution in [1.82, 2.24) is 10.2 Å². The molecule has 0 unspecified atom stereocenters. The van der Waals surface area contributed by atoms with Crippen molar-refractivity contribution >= 4 is 38.9 Å². The summed E-state index contributed by atoms with van der Waals surface area (Å²) >= 11 is 1.36. The Morgan fingerprint density at radius 3 is 2.65 bits per heavy atom. The normalized spacial score (nSPS) is 10.5. The van der Waals surface area contributed by atoms with Crippen molar-refractivity contribution in [2.75, 3.05) is 26.4 Å². The fourth-order valence-corrected chi connectivity index (χ4v) is 2.86. The van der Waals surface area contributed by atoms with Crippen molar-refractivity contribution in [3.8, 4) is 0 Å². The van der Waals surface area contributed by atoms with Crippen molar-refractivity contribution in [2.24, 2.45) is 0 Å². The van der Waals surface area contributed by atoms with Gasteiger partial charge < -0.3 is 16.0 Å². The second kappa shape index (κ2) is 5.92. The number of nitrogen functional groups attached to an aromatic ring is 1. The number of hydrogen-bond donors (Lipinski definition) is 2. The van der Waals surface area contributed by atoms with E-state index in [2.05, 4.69) is 5.32 Å². The standard InChI is InChI=1S/C14H17N3O2S/c1-17(2)11(18)7-8-16-14(19)13-12(15)9-5-3-4-6-10(9)20-13/h3-6H,7-8,15H2,1-2H3,(H,16,19). The number of carbonyl (C=O) groups is 2. The molecule has 0 bridgehead atoms. The van der Waals surface area contributed by atoms with Crippen LogP contribution in [0.1, 0.15) is 16.1 Å². The Balaban J connectivity index is 2.05. The number of benzene rings is 1. The zero-order valence-electron chi connectivity index (χ0n) is 11.5. The molecule has 6 heteroatoms. The topological polar surface area (TPSA) is 75.4 Å². The molecule has 1 aromatic carbocycles. The maximum Gasteiger partial charge on any atom is 0.263 e. The number of carbonyl (C=O) groups excluding carboxylic acids is 2. The lowest BCUT2D eigenvalue weighted by Gasteiger charge is -2.10. The van der Waals surface area contributed by atoms with Crippen LogP contribution in [0.5, 0.6) is 0 Å². The molecule has 0 aliphatic heterocycles. The van der Waals surface area contributed by atoms with Gasteiger partial charge in [0, 0.05) is 37.1 Å². The molecular weight excluding hydrogens is 274 g/mol. The zero-order valence-corrected chi connectivity index (χ0v) is 12.3. The lowest BCUT2D eigenvalue weighted by Crippen LogP contribution is -2.30. The van der Waals surface area contributed by atoms with Crippen molar-refractivity contribution < 1.29 is 9.59 Å². The van der Waals surface area contributed by atoms with Crippen LogP contribution in [0.15, 0.2) is 24.3 Å². The third-order valence-corrected chi connectivity index (χ3v) is 4.15. The predicted octanol–water partition coefficient (Wildman–Crippen LogP) is 1.69. The molecule has 0 spiro atoms. The van der Waals surface area contributed by atoms with Crippen LogP contribution in [0.4, 0.5) is 5.69 Å². The second-order valence-electron chi connectivity index (χ2n) is 4.64. The van der Waals surface area contributed by atoms with Gasteiger partial charge in [-0.25, -0.2) is 0 Å². The number of amides is 2. The van der Waals surface area contributed by atoms with E-state index in [1.54, 1.807) is 14.1 Å². The molecule has 1 heterocycles. The molecule has 2 rings (SSSR count). The molecule has 0 radical (unpaired) electrons. The van der Waals surface area contributed by atoms with Gasteiger partial charge in [-0.1, -0.05) is 18.2 Å². The van der Waals surface area contributed by atoms with Crippen LogP contribution in [-0.4, -0.2) is 37.4 Å². The summed E-state index contributed by atoms with van der Waals surface area (Å²) in [6, 6.07) is 7.63. The summed E-state index contributed by atoms with van der Waals surface area (Å²) in [5.74, 6) is -0.245. The Labute approximate surface area is 121 Å². The summed E-state index contributed by atoms with van der Waals surface area (Å²) in [5, 5.41) is 3.63. The van der Waals surface area contributed by atoms with Crippen molar-refractivity contribution in [3.63, 3.8) is 0 Å². The highest BCUT2D eigenvalue weighted by atomic mass is 32.1. The molecule has 0 aliphatic rings. The molecule has 1 aromatic heterocycles. The van der Waals surface area contributed by atoms with E-state index >= 15 is 0 Å². The monoisotopic (exact) mass is 291 g/mol. The number of nitrogens with one attached hydrogen (secondary N) is 1. The second-order valence-corrected chi connectivity index (χ2v) is 5.69. The molecule has 0 atom stereocenters. The van der Waals surface area contributed by atoms with Gasteiger partial charge in [-0.3, -0.25) is 9.59 Å². The first-order valence-corrected chi connectivity index (χ1v) is 7.07. The first-order chi connectivity index (χ1) is 9.50. The van der Waals surface area contributed by atoms with E-state index in [1.165, 1.54) is 16.2 Å². The van der Waals surface area contributed by atoms with Crippen LogP contribution in [0, 0.1) is 0 Å². The number of fused-ring (bicyclic) bond motifs is 1. The zero-order chi connectivity index (χ0) is 14.7. The Morgan fingerprint density at radius 1 is 1.30 bits per heavy atom. The highest BCUT2D eigenvalue weighted by Gasteiger charge is 2.16. The van der Waals surface area contributed by atoms with E-state index < -0.39 is 0 Å². The van der Waals surface area contributed by atoms with Gasteiger partial charge in [0.25, 0.3) is 5.91 Å². The molecule has 2 amide bonds. The summed E-state index contributed by atoms with van der Waals surface area (Å²) in [7, 11) is 3.38. The molecule has 0 saturated carbocycles. The van der Waals surface area contributed by atoms with Gasteiger partial charge >= 0.3 is 0 Å². The van der Waals surface area contributed by atoms with Crippen molar-refractivity contribution in [2.45, 2.75) is 6.42 Å². The van der Waals surface area contributed by atoms with Crippen LogP contribution in [0.2, 0.25) is 0 Å². The molecule has 3 N–H and O–H groups in total. The SMILES string of the molecule is CN(C)C(=O)CCNC(=O)c1sc2ccccc2c1N. The van der Waals surface area contributed by atoms with E-state index in [9.17, 15) is 9.59 Å². The number of nitrogens with two attached hydrogens (primary N) is 1. The van der Waals surface area contributed by atoms with Gasteiger partial charge in [0.05, 0.1) is 5.69 Å². The molecule has 0 aliphatic carbocycles. The van der Waals surface area contributed by atoms with Crippen LogP contribution in [-0.2, 0) is 4.79 Å². The third kappa shape index (κ3) is 2.91. The third-order valence-electron chi connectivity index (χ3n) is 2.96. The quantitative estimate of drug-likeness (QED) is 0.900. The van der Waals surface area contributed by atoms with Crippen LogP contribution in [0.3, 0.4) is 0 Å². The Hall–Kier alpha value is -2.08. The van der Waals surface area contributed by atoms with Gasteiger partial charge in [-0.2, -0.15) is 0 Å². The smallest absolute Gasteiger partial charge is 0.263 e. The molecule has 2 aromatic rings. The minimum atomic E-state index is -0.227. The largest absolute Gasteiger partial charge is 0.397 e. The van der Waals surface area contributed by atoms with Crippen molar-refractivity contribution in [1.29, 1.82) is 0 Å². The molecular formula is C14H17N3O2S. The molecule has 5 nitrogen and oxygen atoms in total. The van der Waals surface area contributed by atoms with Gasteiger partial charge in [0.2, 0.25) is 5.91 Å². The summed E-state index contributed by atoms with van der Waals surface area (Å²) in [6.07, 6.45) is 0.281. The minimum Gasteiger partial charge on any atom is -0.397 e. The first kappa shape index (κ1) is 14.3. The van der Waals surface area contributed by atoms with Crippen molar-refractivity contribution in [3.05, 3.63) is 29.1 Å². The van der Waals surface area contributed by atoms with Gasteiger partial charge in [-0.05, 0) is 6.07 Å². The van der Waals surface area contributed by atoms with E-state index in [0.717, 1.165) is 10.1 Å². The Kier molecular flexibility index (Phi) is 4.24. The van der Waals surface area contributed by atoms with Crippen LogP contribution in [0.25, 0.3) is 10.1 Å². The lowest BCUT2D eigenvalue weighted by molar-refractivity contribution is -0.128. The maximum atomic E-state index is 12.1. The average Bonchev–Trinajstić information content (AvgIpc) is 2.76. The fraction of sp³-hybridized carbons (Fsp3) is 0.286. The predicted molar refractivity (Wildman–Crippen MR) is 81.9 cm³/mol. The molecule has 0 saturated heterocycles. The van der Waals surface area contributed by atoms with Crippen LogP contribution >= 0.6 is 11.3 Å². The highest BCUT2D eigenvalue weighted by molar-refractivity contribution is 7.21. The number of nitrogens with zero attached hydrogens (tertiary/aromatic N) is 1. The maximum absolute atomic E-state index is 12.1.